The third kappa shape index (κ3) is 5.56. The van der Waals surface area contributed by atoms with E-state index in [9.17, 15) is 0 Å². The Kier molecular flexibility index (Phi) is 8.97. The summed E-state index contributed by atoms with van der Waals surface area (Å²) in [6.07, 6.45) is 19.6. The molecule has 0 aromatic heterocycles. The fourth-order valence-electron chi connectivity index (χ4n) is 12.8. The van der Waals surface area contributed by atoms with Crippen molar-refractivity contribution >= 4 is 0 Å². The molecule has 0 amide bonds. The van der Waals surface area contributed by atoms with Crippen LogP contribution in [0, 0.1) is 11.8 Å². The van der Waals surface area contributed by atoms with E-state index in [0.29, 0.717) is 23.0 Å². The molecule has 3 N–H and O–H groups in total. The Bertz CT molecular complexity index is 1490. The zero-order chi connectivity index (χ0) is 33.0. The van der Waals surface area contributed by atoms with Gasteiger partial charge >= 0.3 is 0 Å². The van der Waals surface area contributed by atoms with Gasteiger partial charge in [0.15, 0.2) is 0 Å². The van der Waals surface area contributed by atoms with Gasteiger partial charge < -0.3 is 20.1 Å². The minimum atomic E-state index is 0.410. The van der Waals surface area contributed by atoms with Gasteiger partial charge in [-0.2, -0.15) is 0 Å². The van der Waals surface area contributed by atoms with Gasteiger partial charge in [-0.3, -0.25) is 15.1 Å². The predicted octanol–water partition coefficient (Wildman–Crippen LogP) is 5.74. The van der Waals surface area contributed by atoms with Crippen molar-refractivity contribution in [1.82, 2.24) is 25.8 Å². The van der Waals surface area contributed by atoms with Gasteiger partial charge in [-0.15, -0.1) is 0 Å². The third-order valence-corrected chi connectivity index (χ3v) is 15.1. The molecule has 0 radical (unpaired) electrons. The summed E-state index contributed by atoms with van der Waals surface area (Å²) >= 11 is 0. The molecule has 7 heteroatoms. The van der Waals surface area contributed by atoms with Crippen molar-refractivity contribution in [1.29, 1.82) is 0 Å². The molecule has 2 aromatic carbocycles. The Morgan fingerprint density at radius 3 is 1.98 bits per heavy atom. The highest BCUT2D eigenvalue weighted by molar-refractivity contribution is 5.47. The van der Waals surface area contributed by atoms with Crippen LogP contribution in [0.25, 0.3) is 0 Å². The molecule has 4 aliphatic carbocycles. The smallest absolute Gasteiger partial charge is 0.119 e. The Hall–Kier alpha value is -2.16. The van der Waals surface area contributed by atoms with Crippen LogP contribution in [-0.4, -0.2) is 87.7 Å². The van der Waals surface area contributed by atoms with Gasteiger partial charge in [-0.05, 0) is 136 Å². The number of methoxy groups -OCH3 is 2. The Labute approximate surface area is 295 Å². The highest BCUT2D eigenvalue weighted by Crippen LogP contribution is 2.58. The number of hydrogen-bond acceptors (Lipinski definition) is 7. The van der Waals surface area contributed by atoms with Crippen molar-refractivity contribution in [3.8, 4) is 11.5 Å². The number of likely N-dealkylation sites (tertiary alicyclic amines) is 2. The first kappa shape index (κ1) is 32.7. The first-order chi connectivity index (χ1) is 24.1. The molecule has 2 unspecified atom stereocenters. The number of fused-ring (bicyclic) bond motifs is 2. The molecule has 4 aliphatic heterocycles. The maximum Gasteiger partial charge on any atom is 0.119 e. The highest BCUT2D eigenvalue weighted by Gasteiger charge is 2.56. The van der Waals surface area contributed by atoms with Crippen molar-refractivity contribution in [2.75, 3.05) is 53.6 Å². The molecular weight excluding hydrogens is 606 g/mol. The Morgan fingerprint density at radius 1 is 0.714 bits per heavy atom. The summed E-state index contributed by atoms with van der Waals surface area (Å²) in [5, 5.41) is 10.9. The van der Waals surface area contributed by atoms with E-state index in [2.05, 4.69) is 62.1 Å². The second-order valence-corrected chi connectivity index (χ2v) is 17.0. The second-order valence-electron chi connectivity index (χ2n) is 17.0. The molecule has 4 heterocycles. The van der Waals surface area contributed by atoms with E-state index in [1.165, 1.54) is 116 Å². The molecule has 0 spiro atoms. The van der Waals surface area contributed by atoms with Crippen molar-refractivity contribution in [3.63, 3.8) is 0 Å². The van der Waals surface area contributed by atoms with Gasteiger partial charge in [0.25, 0.3) is 0 Å². The minimum Gasteiger partial charge on any atom is -0.497 e. The summed E-state index contributed by atoms with van der Waals surface area (Å²) in [7, 11) is 3.60. The van der Waals surface area contributed by atoms with Crippen LogP contribution in [0.3, 0.4) is 0 Å². The molecule has 8 atom stereocenters. The lowest BCUT2D eigenvalue weighted by Gasteiger charge is -2.60. The van der Waals surface area contributed by atoms with Gasteiger partial charge in [0.1, 0.15) is 11.5 Å². The summed E-state index contributed by atoms with van der Waals surface area (Å²) in [6.45, 7) is 7.05. The zero-order valence-corrected chi connectivity index (χ0v) is 30.3. The summed E-state index contributed by atoms with van der Waals surface area (Å²) in [5.41, 5.74) is 7.30. The van der Waals surface area contributed by atoms with E-state index in [-0.39, 0.29) is 0 Å². The SMILES string of the molecule is COc1ccc2c(c1)[C@]13CCCC[C@@H]1[C@H](C2)N(C1CNCN1)CC3.COc1ccc2c(c1)[C@]13CCCC[C@@H]1[C@H](C2)N(CC1CCCN1)CC3. The highest BCUT2D eigenvalue weighted by atomic mass is 16.5. The van der Waals surface area contributed by atoms with E-state index in [1.54, 1.807) is 36.5 Å². The topological polar surface area (TPSA) is 61.0 Å². The summed E-state index contributed by atoms with van der Waals surface area (Å²) in [5.74, 6) is 3.77. The third-order valence-electron chi connectivity index (χ3n) is 15.1. The fourth-order valence-corrected chi connectivity index (χ4v) is 12.8. The van der Waals surface area contributed by atoms with E-state index in [0.717, 1.165) is 48.6 Å². The predicted molar refractivity (Wildman–Crippen MR) is 197 cm³/mol. The maximum absolute atomic E-state index is 5.59. The lowest BCUT2D eigenvalue weighted by Crippen LogP contribution is -2.64. The Morgan fingerprint density at radius 2 is 1.37 bits per heavy atom. The second kappa shape index (κ2) is 13.4. The van der Waals surface area contributed by atoms with Crippen LogP contribution >= 0.6 is 0 Å². The van der Waals surface area contributed by atoms with E-state index in [4.69, 9.17) is 9.47 Å². The molecule has 6 fully saturated rings. The number of rotatable bonds is 5. The van der Waals surface area contributed by atoms with Gasteiger partial charge in [0.2, 0.25) is 0 Å². The first-order valence-electron chi connectivity index (χ1n) is 20.1. The monoisotopic (exact) mass is 667 g/mol. The lowest BCUT2D eigenvalue weighted by atomic mass is 9.52. The molecule has 7 nitrogen and oxygen atoms in total. The zero-order valence-electron chi connectivity index (χ0n) is 30.3. The van der Waals surface area contributed by atoms with Crippen molar-refractivity contribution in [2.24, 2.45) is 11.8 Å². The summed E-state index contributed by atoms with van der Waals surface area (Å²) < 4.78 is 11.2. The average molecular weight is 668 g/mol. The first-order valence-corrected chi connectivity index (χ1v) is 20.1. The van der Waals surface area contributed by atoms with E-state index in [1.807, 2.05) is 0 Å². The number of nitrogens with one attached hydrogen (secondary N) is 3. The maximum atomic E-state index is 5.59. The molecule has 4 saturated heterocycles. The summed E-state index contributed by atoms with van der Waals surface area (Å²) in [6, 6.07) is 16.0. The summed E-state index contributed by atoms with van der Waals surface area (Å²) in [4.78, 5) is 5.66. The van der Waals surface area contributed by atoms with Crippen LogP contribution in [0.5, 0.6) is 11.5 Å². The largest absolute Gasteiger partial charge is 0.497 e. The number of ether oxygens (including phenoxy) is 2. The van der Waals surface area contributed by atoms with Crippen molar-refractivity contribution < 1.29 is 9.47 Å². The molecule has 49 heavy (non-hydrogen) atoms. The number of hydrogen-bond donors (Lipinski definition) is 3. The molecule has 4 bridgehead atoms. The average Bonchev–Trinajstić information content (AvgIpc) is 3.88. The molecule has 2 saturated carbocycles. The van der Waals surface area contributed by atoms with Gasteiger partial charge in [-0.1, -0.05) is 37.8 Å². The Balaban J connectivity index is 0.000000133. The molecule has 10 rings (SSSR count). The fraction of sp³-hybridized carbons (Fsp3) is 0.714. The van der Waals surface area contributed by atoms with Crippen LogP contribution in [0.15, 0.2) is 36.4 Å². The number of benzene rings is 2. The van der Waals surface area contributed by atoms with Gasteiger partial charge in [0.05, 0.1) is 20.4 Å². The lowest BCUT2D eigenvalue weighted by molar-refractivity contribution is -0.0343. The van der Waals surface area contributed by atoms with Crippen molar-refractivity contribution in [2.45, 2.75) is 125 Å². The van der Waals surface area contributed by atoms with Gasteiger partial charge in [-0.25, -0.2) is 0 Å². The molecule has 2 aromatic rings. The standard InChI is InChI=1S/C22H32N2O.C20H29N3O/c1-25-18-8-7-16-13-21-19-6-2-3-9-22(19,20(16)14-18)10-12-24(21)15-17-5-4-11-23-17;1-24-15-6-5-14-10-18-16-4-2-3-7-20(16,17(14)11-15)8-9-23(18)19-12-21-13-22-19/h7-8,14,17,19,21,23H,2-6,9-13,15H2,1H3;5-6,11,16,18-19,21-22H,2-4,7-10,12-13H2,1H3/t17?,19-,21+,22+;16-,18+,19?,20+/m11/s1. The van der Waals surface area contributed by atoms with Crippen LogP contribution in [0.4, 0.5) is 0 Å². The molecule has 8 aliphatic rings. The van der Waals surface area contributed by atoms with E-state index < -0.39 is 0 Å². The number of piperidine rings is 2. The number of nitrogens with zero attached hydrogens (tertiary/aromatic N) is 2. The van der Waals surface area contributed by atoms with Gasteiger partial charge in [0, 0.05) is 55.3 Å². The molecule has 266 valence electrons. The van der Waals surface area contributed by atoms with Crippen LogP contribution in [0.2, 0.25) is 0 Å². The minimum absolute atomic E-state index is 0.410. The molecular formula is C42H61N5O2. The van der Waals surface area contributed by atoms with Crippen LogP contribution in [0.1, 0.15) is 99.3 Å². The van der Waals surface area contributed by atoms with Crippen molar-refractivity contribution in [3.05, 3.63) is 58.7 Å². The van der Waals surface area contributed by atoms with Crippen LogP contribution < -0.4 is 25.4 Å². The normalized spacial score (nSPS) is 37.9. The van der Waals surface area contributed by atoms with Crippen LogP contribution in [-0.2, 0) is 23.7 Å². The van der Waals surface area contributed by atoms with E-state index >= 15 is 0 Å². The quantitative estimate of drug-likeness (QED) is 0.377.